The van der Waals surface area contributed by atoms with Crippen LogP contribution in [0.2, 0.25) is 0 Å². The van der Waals surface area contributed by atoms with Crippen LogP contribution in [-0.4, -0.2) is 81.6 Å². The minimum Gasteiger partial charge on any atom is -0.475 e. The van der Waals surface area contributed by atoms with Crippen molar-refractivity contribution < 1.29 is 37.5 Å². The minimum atomic E-state index is -5.08. The fourth-order valence-electron chi connectivity index (χ4n) is 4.17. The van der Waals surface area contributed by atoms with Crippen molar-refractivity contribution in [1.82, 2.24) is 20.1 Å². The summed E-state index contributed by atoms with van der Waals surface area (Å²) >= 11 is 0. The number of carbonyl (C=O) groups excluding carboxylic acids is 3. The summed E-state index contributed by atoms with van der Waals surface area (Å²) < 4.78 is 31.7. The molecule has 14 heteroatoms. The zero-order valence-electron chi connectivity index (χ0n) is 25.0. The zero-order chi connectivity index (χ0) is 33.2. The molecule has 0 radical (unpaired) electrons. The second-order valence-corrected chi connectivity index (χ2v) is 11.2. The summed E-state index contributed by atoms with van der Waals surface area (Å²) in [4.78, 5) is 54.9. The average molecular weight is 629 g/mol. The van der Waals surface area contributed by atoms with Gasteiger partial charge in [-0.1, -0.05) is 30.3 Å². The Balaban J connectivity index is 0.000000707. The molecule has 1 aliphatic heterocycles. The summed E-state index contributed by atoms with van der Waals surface area (Å²) in [6.45, 7) is 9.26. The highest BCUT2D eigenvalue weighted by Crippen LogP contribution is 2.15. The van der Waals surface area contributed by atoms with Crippen LogP contribution in [0.4, 0.5) is 29.5 Å². The lowest BCUT2D eigenvalue weighted by Gasteiger charge is -2.34. The monoisotopic (exact) mass is 628 g/mol. The third kappa shape index (κ3) is 11.6. The van der Waals surface area contributed by atoms with Crippen molar-refractivity contribution in [2.24, 2.45) is 0 Å². The number of carboxylic acids is 1. The van der Waals surface area contributed by atoms with E-state index in [-0.39, 0.29) is 17.4 Å². The summed E-state index contributed by atoms with van der Waals surface area (Å²) in [6, 6.07) is 19.7. The van der Waals surface area contributed by atoms with Gasteiger partial charge in [0.25, 0.3) is 11.8 Å². The third-order valence-corrected chi connectivity index (χ3v) is 6.27. The van der Waals surface area contributed by atoms with Gasteiger partial charge in [0.15, 0.2) is 0 Å². The van der Waals surface area contributed by atoms with Crippen molar-refractivity contribution in [3.05, 3.63) is 89.6 Å². The maximum Gasteiger partial charge on any atom is 0.490 e. The standard InChI is InChI=1S/C29H34N6O3.C2HF3O2/c1-29(2,3)33-26(36)22-9-7-8-21(18-22)20-34-14-16-35(17-15-34)27(37)23-12-13-25(30-19-23)32-28(38)31-24-10-5-4-6-11-24;3-2(4,5)1(6)7/h4-13,18-19H,14-17,20H2,1-3H3,(H,33,36)(H2,30,31,32,38);(H,6,7). The summed E-state index contributed by atoms with van der Waals surface area (Å²) in [5, 5.41) is 15.5. The second kappa shape index (κ2) is 15.1. The van der Waals surface area contributed by atoms with Crippen LogP contribution >= 0.6 is 0 Å². The molecule has 45 heavy (non-hydrogen) atoms. The van der Waals surface area contributed by atoms with E-state index in [1.165, 1.54) is 6.20 Å². The van der Waals surface area contributed by atoms with Crippen molar-refractivity contribution >= 4 is 35.3 Å². The van der Waals surface area contributed by atoms with Gasteiger partial charge in [0, 0.05) is 55.7 Å². The maximum absolute atomic E-state index is 13.0. The van der Waals surface area contributed by atoms with E-state index < -0.39 is 18.2 Å². The quantitative estimate of drug-likeness (QED) is 0.306. The fraction of sp³-hybridized carbons (Fsp3) is 0.323. The van der Waals surface area contributed by atoms with Gasteiger partial charge in [0.1, 0.15) is 5.82 Å². The number of alkyl halides is 3. The Morgan fingerprint density at radius 2 is 1.49 bits per heavy atom. The highest BCUT2D eigenvalue weighted by Gasteiger charge is 2.38. The van der Waals surface area contributed by atoms with Gasteiger partial charge in [-0.3, -0.25) is 19.8 Å². The molecule has 1 aliphatic rings. The summed E-state index contributed by atoms with van der Waals surface area (Å²) in [6.07, 6.45) is -3.60. The number of amides is 4. The molecule has 0 bridgehead atoms. The average Bonchev–Trinajstić information content (AvgIpc) is 2.97. The molecule has 240 valence electrons. The number of hydrogen-bond acceptors (Lipinski definition) is 6. The van der Waals surface area contributed by atoms with E-state index in [1.54, 1.807) is 24.3 Å². The number of piperazine rings is 1. The molecule has 4 amide bonds. The Morgan fingerprint density at radius 1 is 0.844 bits per heavy atom. The molecule has 0 unspecified atom stereocenters. The Morgan fingerprint density at radius 3 is 2.04 bits per heavy atom. The van der Waals surface area contributed by atoms with E-state index in [9.17, 15) is 27.6 Å². The van der Waals surface area contributed by atoms with Gasteiger partial charge in [-0.25, -0.2) is 14.6 Å². The topological polar surface area (TPSA) is 144 Å². The van der Waals surface area contributed by atoms with Crippen LogP contribution in [0, 0.1) is 0 Å². The third-order valence-electron chi connectivity index (χ3n) is 6.27. The van der Waals surface area contributed by atoms with E-state index in [2.05, 4.69) is 25.8 Å². The van der Waals surface area contributed by atoms with Crippen molar-refractivity contribution in [2.75, 3.05) is 36.8 Å². The molecule has 1 aromatic heterocycles. The number of benzene rings is 2. The summed E-state index contributed by atoms with van der Waals surface area (Å²) in [5.41, 5.74) is 2.57. The lowest BCUT2D eigenvalue weighted by atomic mass is 10.1. The SMILES string of the molecule is CC(C)(C)NC(=O)c1cccc(CN2CCN(C(=O)c3ccc(NC(=O)Nc4ccccc4)nc3)CC2)c1.O=C(O)C(F)(F)F. The number of aromatic nitrogens is 1. The van der Waals surface area contributed by atoms with Crippen molar-refractivity contribution in [2.45, 2.75) is 39.0 Å². The van der Waals surface area contributed by atoms with Gasteiger partial charge in [0.05, 0.1) is 5.56 Å². The highest BCUT2D eigenvalue weighted by molar-refractivity contribution is 5.99. The molecule has 1 fully saturated rings. The fourth-order valence-corrected chi connectivity index (χ4v) is 4.17. The minimum absolute atomic E-state index is 0.0820. The molecule has 4 rings (SSSR count). The number of rotatable bonds is 6. The number of para-hydroxylation sites is 1. The molecular weight excluding hydrogens is 593 g/mol. The Labute approximate surface area is 258 Å². The van der Waals surface area contributed by atoms with Crippen molar-refractivity contribution in [1.29, 1.82) is 0 Å². The van der Waals surface area contributed by atoms with E-state index in [0.717, 1.165) is 18.7 Å². The van der Waals surface area contributed by atoms with Crippen LogP contribution in [0.3, 0.4) is 0 Å². The van der Waals surface area contributed by atoms with E-state index >= 15 is 0 Å². The molecular formula is C31H35F3N6O5. The first-order chi connectivity index (χ1) is 21.1. The Bertz CT molecular complexity index is 1470. The molecule has 1 saturated heterocycles. The number of carbonyl (C=O) groups is 4. The van der Waals surface area contributed by atoms with E-state index in [1.807, 2.05) is 68.1 Å². The molecule has 2 heterocycles. The van der Waals surface area contributed by atoms with Gasteiger partial charge in [-0.15, -0.1) is 0 Å². The van der Waals surface area contributed by atoms with Gasteiger partial charge in [0.2, 0.25) is 0 Å². The Hall–Kier alpha value is -4.98. The molecule has 0 atom stereocenters. The molecule has 11 nitrogen and oxygen atoms in total. The first kappa shape index (κ1) is 34.5. The van der Waals surface area contributed by atoms with Crippen LogP contribution in [0.5, 0.6) is 0 Å². The number of urea groups is 1. The predicted octanol–water partition coefficient (Wildman–Crippen LogP) is 4.85. The highest BCUT2D eigenvalue weighted by atomic mass is 19.4. The number of anilines is 2. The van der Waals surface area contributed by atoms with E-state index in [0.29, 0.717) is 42.3 Å². The van der Waals surface area contributed by atoms with Gasteiger partial charge in [-0.05, 0) is 62.7 Å². The smallest absolute Gasteiger partial charge is 0.475 e. The largest absolute Gasteiger partial charge is 0.490 e. The van der Waals surface area contributed by atoms with Crippen LogP contribution in [0.15, 0.2) is 72.9 Å². The predicted molar refractivity (Wildman–Crippen MR) is 162 cm³/mol. The summed E-state index contributed by atoms with van der Waals surface area (Å²) in [7, 11) is 0. The van der Waals surface area contributed by atoms with Gasteiger partial charge < -0.3 is 20.6 Å². The zero-order valence-corrected chi connectivity index (χ0v) is 25.0. The molecule has 3 aromatic rings. The van der Waals surface area contributed by atoms with Gasteiger partial charge in [-0.2, -0.15) is 13.2 Å². The van der Waals surface area contributed by atoms with Crippen molar-refractivity contribution in [3.8, 4) is 0 Å². The van der Waals surface area contributed by atoms with Crippen LogP contribution in [0.1, 0.15) is 47.1 Å². The molecule has 0 saturated carbocycles. The van der Waals surface area contributed by atoms with Crippen molar-refractivity contribution in [3.63, 3.8) is 0 Å². The first-order valence-corrected chi connectivity index (χ1v) is 13.9. The first-order valence-electron chi connectivity index (χ1n) is 13.9. The number of pyridine rings is 1. The lowest BCUT2D eigenvalue weighted by Crippen LogP contribution is -2.48. The number of nitrogens with zero attached hydrogens (tertiary/aromatic N) is 3. The number of hydrogen-bond donors (Lipinski definition) is 4. The Kier molecular flexibility index (Phi) is 11.6. The van der Waals surface area contributed by atoms with Gasteiger partial charge >= 0.3 is 18.2 Å². The van der Waals surface area contributed by atoms with Crippen LogP contribution < -0.4 is 16.0 Å². The molecule has 0 aliphatic carbocycles. The number of carboxylic acid groups (broad SMARTS) is 1. The summed E-state index contributed by atoms with van der Waals surface area (Å²) in [5.74, 6) is -2.56. The number of aliphatic carboxylic acids is 1. The lowest BCUT2D eigenvalue weighted by molar-refractivity contribution is -0.192. The molecule has 4 N–H and O–H groups in total. The molecule has 2 aromatic carbocycles. The second-order valence-electron chi connectivity index (χ2n) is 11.2. The maximum atomic E-state index is 13.0. The van der Waals surface area contributed by atoms with Crippen LogP contribution in [0.25, 0.3) is 0 Å². The van der Waals surface area contributed by atoms with E-state index in [4.69, 9.17) is 9.90 Å². The number of nitrogens with one attached hydrogen (secondary N) is 3. The molecule has 0 spiro atoms. The van der Waals surface area contributed by atoms with Crippen LogP contribution in [-0.2, 0) is 11.3 Å². The normalized spacial score (nSPS) is 13.6. The number of halogens is 3.